The Bertz CT molecular complexity index is 660. The minimum Gasteiger partial charge on any atom is -0.508 e. The number of aromatic hydroxyl groups is 1. The predicted octanol–water partition coefficient (Wildman–Crippen LogP) is 2.00. The molecule has 2 heterocycles. The van der Waals surface area contributed by atoms with Crippen LogP contribution in [0.3, 0.4) is 0 Å². The van der Waals surface area contributed by atoms with Crippen LogP contribution in [0.5, 0.6) is 5.75 Å². The number of phenolic OH excluding ortho intramolecular Hbond substituents is 1. The lowest BCUT2D eigenvalue weighted by molar-refractivity contribution is -0.671. The number of pyridine rings is 1. The van der Waals surface area contributed by atoms with Crippen molar-refractivity contribution >= 4 is 23.4 Å². The van der Waals surface area contributed by atoms with Crippen LogP contribution in [0, 0.1) is 0 Å². The molecule has 1 saturated heterocycles. The summed E-state index contributed by atoms with van der Waals surface area (Å²) >= 11 is 1.60. The molecule has 0 aliphatic carbocycles. The van der Waals surface area contributed by atoms with E-state index in [4.69, 9.17) is 0 Å². The highest BCUT2D eigenvalue weighted by Gasteiger charge is 2.35. The number of hydrogen-bond donors (Lipinski definition) is 1. The molecule has 0 bridgehead atoms. The summed E-state index contributed by atoms with van der Waals surface area (Å²) in [6.07, 6.45) is 3.98. The number of phenols is 1. The topological polar surface area (TPSA) is 44.4 Å². The number of hydrogen-bond acceptors (Lipinski definition) is 3. The van der Waals surface area contributed by atoms with Crippen molar-refractivity contribution in [3.63, 3.8) is 0 Å². The van der Waals surface area contributed by atoms with E-state index in [0.29, 0.717) is 5.75 Å². The molecule has 2 aromatic rings. The monoisotopic (exact) mass is 287 g/mol. The second-order valence-corrected chi connectivity index (χ2v) is 5.82. The largest absolute Gasteiger partial charge is 0.508 e. The normalized spacial score (nSPS) is 18.6. The Morgan fingerprint density at radius 3 is 2.95 bits per heavy atom. The maximum absolute atomic E-state index is 12.2. The third-order valence-corrected chi connectivity index (χ3v) is 4.44. The predicted molar refractivity (Wildman–Crippen MR) is 78.4 cm³/mol. The van der Waals surface area contributed by atoms with Crippen molar-refractivity contribution in [3.05, 3.63) is 54.4 Å². The van der Waals surface area contributed by atoms with Gasteiger partial charge in [-0.1, -0.05) is 6.07 Å². The van der Waals surface area contributed by atoms with Crippen molar-refractivity contribution < 1.29 is 14.5 Å². The van der Waals surface area contributed by atoms with Crippen LogP contribution in [0.4, 0.5) is 5.69 Å². The van der Waals surface area contributed by atoms with Gasteiger partial charge >= 0.3 is 0 Å². The first-order chi connectivity index (χ1) is 9.65. The van der Waals surface area contributed by atoms with Crippen LogP contribution < -0.4 is 9.47 Å². The van der Waals surface area contributed by atoms with Crippen molar-refractivity contribution in [3.8, 4) is 5.75 Å². The first-order valence-corrected chi connectivity index (χ1v) is 7.38. The molecule has 1 aliphatic rings. The highest BCUT2D eigenvalue weighted by Crippen LogP contribution is 2.41. The van der Waals surface area contributed by atoms with Gasteiger partial charge in [-0.25, -0.2) is 4.57 Å². The molecule has 1 aromatic carbocycles. The summed E-state index contributed by atoms with van der Waals surface area (Å²) in [7, 11) is 1.96. The number of aromatic nitrogens is 1. The smallest absolute Gasteiger partial charge is 0.238 e. The van der Waals surface area contributed by atoms with Gasteiger partial charge in [0.2, 0.25) is 5.91 Å². The van der Waals surface area contributed by atoms with Crippen molar-refractivity contribution in [2.24, 2.45) is 7.05 Å². The molecule has 1 atom stereocenters. The van der Waals surface area contributed by atoms with Crippen LogP contribution in [0.15, 0.2) is 48.8 Å². The molecule has 1 aromatic heterocycles. The Morgan fingerprint density at radius 2 is 2.20 bits per heavy atom. The molecular formula is C15H15N2O2S+. The van der Waals surface area contributed by atoms with Gasteiger partial charge in [0, 0.05) is 23.4 Å². The molecule has 0 saturated carbocycles. The van der Waals surface area contributed by atoms with E-state index in [1.165, 1.54) is 0 Å². The number of carbonyl (C=O) groups is 1. The second-order valence-electron chi connectivity index (χ2n) is 4.75. The second kappa shape index (κ2) is 5.17. The zero-order valence-corrected chi connectivity index (χ0v) is 11.9. The molecule has 1 fully saturated rings. The van der Waals surface area contributed by atoms with Gasteiger partial charge in [0.05, 0.1) is 5.75 Å². The van der Waals surface area contributed by atoms with Gasteiger partial charge < -0.3 is 5.11 Å². The summed E-state index contributed by atoms with van der Waals surface area (Å²) in [6, 6.07) is 10.8. The fraction of sp³-hybridized carbons (Fsp3) is 0.200. The molecule has 3 rings (SSSR count). The van der Waals surface area contributed by atoms with E-state index in [1.807, 2.05) is 42.2 Å². The van der Waals surface area contributed by atoms with Gasteiger partial charge in [-0.2, -0.15) is 0 Å². The van der Waals surface area contributed by atoms with Gasteiger partial charge in [0.1, 0.15) is 18.2 Å². The van der Waals surface area contributed by atoms with Gasteiger partial charge in [-0.15, -0.1) is 11.8 Å². The zero-order valence-electron chi connectivity index (χ0n) is 11.1. The molecule has 5 heteroatoms. The molecule has 1 aliphatic heterocycles. The maximum Gasteiger partial charge on any atom is 0.238 e. The molecule has 1 amide bonds. The molecule has 0 radical (unpaired) electrons. The number of amides is 1. The average Bonchev–Trinajstić information content (AvgIpc) is 2.80. The lowest BCUT2D eigenvalue weighted by Gasteiger charge is -2.23. The van der Waals surface area contributed by atoms with E-state index < -0.39 is 0 Å². The van der Waals surface area contributed by atoms with Crippen molar-refractivity contribution in [2.45, 2.75) is 5.37 Å². The van der Waals surface area contributed by atoms with Crippen molar-refractivity contribution in [2.75, 3.05) is 10.7 Å². The minimum absolute atomic E-state index is 0.0447. The van der Waals surface area contributed by atoms with Crippen molar-refractivity contribution in [1.29, 1.82) is 0 Å². The molecule has 1 N–H and O–H groups in total. The third-order valence-electron chi connectivity index (χ3n) is 3.22. The van der Waals surface area contributed by atoms with Gasteiger partial charge in [0.15, 0.2) is 12.4 Å². The van der Waals surface area contributed by atoms with E-state index in [-0.39, 0.29) is 17.0 Å². The lowest BCUT2D eigenvalue weighted by Crippen LogP contribution is -2.31. The van der Waals surface area contributed by atoms with Crippen LogP contribution in [0.1, 0.15) is 10.9 Å². The number of thioether (sulfide) groups is 1. The van der Waals surface area contributed by atoms with Gasteiger partial charge in [-0.3, -0.25) is 9.69 Å². The van der Waals surface area contributed by atoms with E-state index >= 15 is 0 Å². The van der Waals surface area contributed by atoms with Crippen molar-refractivity contribution in [1.82, 2.24) is 0 Å². The summed E-state index contributed by atoms with van der Waals surface area (Å²) in [4.78, 5) is 13.9. The zero-order chi connectivity index (χ0) is 14.1. The van der Waals surface area contributed by atoms with E-state index in [0.717, 1.165) is 11.3 Å². The molecule has 4 nitrogen and oxygen atoms in total. The van der Waals surface area contributed by atoms with Crippen LogP contribution in [-0.2, 0) is 11.8 Å². The summed E-state index contributed by atoms with van der Waals surface area (Å²) < 4.78 is 1.97. The summed E-state index contributed by atoms with van der Waals surface area (Å²) in [5.41, 5.74) is 1.81. The Labute approximate surface area is 121 Å². The van der Waals surface area contributed by atoms with Crippen LogP contribution >= 0.6 is 11.8 Å². The summed E-state index contributed by atoms with van der Waals surface area (Å²) in [5, 5.41) is 9.57. The summed E-state index contributed by atoms with van der Waals surface area (Å²) in [6.45, 7) is 0. The van der Waals surface area contributed by atoms with Crippen LogP contribution in [-0.4, -0.2) is 16.8 Å². The average molecular weight is 287 g/mol. The Kier molecular flexibility index (Phi) is 3.36. The van der Waals surface area contributed by atoms with Gasteiger partial charge in [-0.05, 0) is 18.2 Å². The highest BCUT2D eigenvalue weighted by molar-refractivity contribution is 8.00. The molecule has 20 heavy (non-hydrogen) atoms. The van der Waals surface area contributed by atoms with E-state index in [1.54, 1.807) is 34.9 Å². The molecule has 0 spiro atoms. The Hall–Kier alpha value is -2.01. The minimum atomic E-state index is -0.0447. The van der Waals surface area contributed by atoms with E-state index in [9.17, 15) is 9.90 Å². The molecule has 102 valence electrons. The van der Waals surface area contributed by atoms with E-state index in [2.05, 4.69) is 0 Å². The number of benzene rings is 1. The number of aryl methyl sites for hydroxylation is 1. The van der Waals surface area contributed by atoms with Crippen LogP contribution in [0.25, 0.3) is 0 Å². The molecule has 1 unspecified atom stereocenters. The Balaban J connectivity index is 2.01. The highest BCUT2D eigenvalue weighted by atomic mass is 32.2. The fourth-order valence-corrected chi connectivity index (χ4v) is 3.51. The quantitative estimate of drug-likeness (QED) is 0.859. The fourth-order valence-electron chi connectivity index (χ4n) is 2.35. The lowest BCUT2D eigenvalue weighted by atomic mass is 10.2. The van der Waals surface area contributed by atoms with Gasteiger partial charge in [0.25, 0.3) is 0 Å². The third kappa shape index (κ3) is 2.36. The maximum atomic E-state index is 12.2. The summed E-state index contributed by atoms with van der Waals surface area (Å²) in [5.74, 6) is 0.695. The first kappa shape index (κ1) is 13.0. The number of anilines is 1. The molecular weight excluding hydrogens is 272 g/mol. The number of nitrogens with zero attached hydrogens (tertiary/aromatic N) is 2. The first-order valence-electron chi connectivity index (χ1n) is 6.33. The standard InChI is InChI=1S/C15H14N2O2S/c1-16-7-3-4-11(9-16)15-17(14(19)10-20-15)12-5-2-6-13(18)8-12/h2-9,15H,10H2,1H3/p+1. The number of rotatable bonds is 2. The van der Waals surface area contributed by atoms with Crippen LogP contribution in [0.2, 0.25) is 0 Å². The SMILES string of the molecule is C[n+]1cccc(C2SCC(=O)N2c2cccc(O)c2)c1. The number of carbonyl (C=O) groups excluding carboxylic acids is 1. The Morgan fingerprint density at radius 1 is 1.35 bits per heavy atom.